The molecule has 0 spiro atoms. The van der Waals surface area contributed by atoms with Crippen molar-refractivity contribution in [3.63, 3.8) is 0 Å². The summed E-state index contributed by atoms with van der Waals surface area (Å²) in [6.07, 6.45) is 0.428. The number of carboxylic acids is 1. The van der Waals surface area contributed by atoms with E-state index in [0.29, 0.717) is 11.3 Å². The van der Waals surface area contributed by atoms with Crippen molar-refractivity contribution in [3.05, 3.63) is 29.8 Å². The molecule has 0 aliphatic carbocycles. The van der Waals surface area contributed by atoms with Crippen LogP contribution < -0.4 is 5.32 Å². The van der Waals surface area contributed by atoms with E-state index in [1.54, 1.807) is 25.1 Å². The Labute approximate surface area is 133 Å². The average Bonchev–Trinajstić information content (AvgIpc) is 2.78. The normalized spacial score (nSPS) is 21.2. The molecule has 0 aromatic heterocycles. The average molecular weight is 343 g/mol. The summed E-state index contributed by atoms with van der Waals surface area (Å²) in [7, 11) is -3.04. The highest BCUT2D eigenvalue weighted by molar-refractivity contribution is 8.00. The van der Waals surface area contributed by atoms with Gasteiger partial charge in [0.2, 0.25) is 5.91 Å². The maximum absolute atomic E-state index is 12.1. The van der Waals surface area contributed by atoms with E-state index in [-0.39, 0.29) is 29.0 Å². The molecule has 1 aromatic carbocycles. The van der Waals surface area contributed by atoms with Crippen LogP contribution in [0, 0.1) is 0 Å². The zero-order valence-electron chi connectivity index (χ0n) is 12.0. The molecule has 2 rings (SSSR count). The van der Waals surface area contributed by atoms with Gasteiger partial charge in [-0.15, -0.1) is 11.8 Å². The molecule has 1 aliphatic heterocycles. The number of hydrogen-bond donors (Lipinski definition) is 2. The van der Waals surface area contributed by atoms with Gasteiger partial charge in [-0.2, -0.15) is 0 Å². The monoisotopic (exact) mass is 343 g/mol. The second kappa shape index (κ2) is 6.70. The molecule has 1 amide bonds. The number of sulfone groups is 1. The van der Waals surface area contributed by atoms with Gasteiger partial charge < -0.3 is 10.4 Å². The van der Waals surface area contributed by atoms with Crippen molar-refractivity contribution in [2.45, 2.75) is 29.5 Å². The van der Waals surface area contributed by atoms with Crippen molar-refractivity contribution in [2.24, 2.45) is 0 Å². The highest BCUT2D eigenvalue weighted by Crippen LogP contribution is 2.27. The van der Waals surface area contributed by atoms with Crippen LogP contribution in [-0.4, -0.2) is 48.2 Å². The molecule has 1 aromatic rings. The number of carbonyl (C=O) groups excluding carboxylic acids is 1. The Morgan fingerprint density at radius 2 is 2.05 bits per heavy atom. The molecular weight excluding hydrogens is 326 g/mol. The summed E-state index contributed by atoms with van der Waals surface area (Å²) in [5, 5.41) is 11.3. The van der Waals surface area contributed by atoms with Crippen LogP contribution in [-0.2, 0) is 14.6 Å². The second-order valence-electron chi connectivity index (χ2n) is 5.17. The third kappa shape index (κ3) is 4.23. The number of carboxylic acid groups (broad SMARTS) is 1. The summed E-state index contributed by atoms with van der Waals surface area (Å²) in [6.45, 7) is 1.67. The van der Waals surface area contributed by atoms with Gasteiger partial charge in [-0.05, 0) is 25.5 Å². The van der Waals surface area contributed by atoms with E-state index < -0.39 is 21.1 Å². The van der Waals surface area contributed by atoms with Crippen LogP contribution in [0.4, 0.5) is 0 Å². The maximum atomic E-state index is 12.1. The molecule has 6 nitrogen and oxygen atoms in total. The number of thioether (sulfide) groups is 1. The van der Waals surface area contributed by atoms with Crippen molar-refractivity contribution in [3.8, 4) is 0 Å². The number of rotatable bonds is 5. The van der Waals surface area contributed by atoms with Gasteiger partial charge in [0.15, 0.2) is 9.84 Å². The zero-order valence-corrected chi connectivity index (χ0v) is 13.6. The fourth-order valence-electron chi connectivity index (χ4n) is 2.22. The lowest BCUT2D eigenvalue weighted by molar-refractivity contribution is -0.120. The number of carbonyl (C=O) groups is 2. The van der Waals surface area contributed by atoms with E-state index >= 15 is 0 Å². The van der Waals surface area contributed by atoms with Crippen LogP contribution in [0.15, 0.2) is 29.2 Å². The summed E-state index contributed by atoms with van der Waals surface area (Å²) in [5.74, 6) is -1.26. The number of hydrogen-bond acceptors (Lipinski definition) is 5. The van der Waals surface area contributed by atoms with Gasteiger partial charge in [-0.3, -0.25) is 4.79 Å². The first-order valence-electron chi connectivity index (χ1n) is 6.78. The molecule has 120 valence electrons. The van der Waals surface area contributed by atoms with Crippen LogP contribution in [0.25, 0.3) is 0 Å². The van der Waals surface area contributed by atoms with Crippen molar-refractivity contribution in [1.82, 2.24) is 5.32 Å². The topological polar surface area (TPSA) is 101 Å². The first kappa shape index (κ1) is 16.8. The smallest absolute Gasteiger partial charge is 0.336 e. The van der Waals surface area contributed by atoms with E-state index in [1.807, 2.05) is 0 Å². The molecule has 8 heteroatoms. The van der Waals surface area contributed by atoms with E-state index in [9.17, 15) is 18.0 Å². The van der Waals surface area contributed by atoms with Crippen LogP contribution in [0.2, 0.25) is 0 Å². The molecular formula is C14H17NO5S2. The highest BCUT2D eigenvalue weighted by Gasteiger charge is 2.30. The third-order valence-electron chi connectivity index (χ3n) is 3.37. The molecule has 1 aliphatic rings. The van der Waals surface area contributed by atoms with Crippen molar-refractivity contribution in [1.29, 1.82) is 0 Å². The fraction of sp³-hybridized carbons (Fsp3) is 0.429. The molecule has 0 bridgehead atoms. The Morgan fingerprint density at radius 1 is 1.36 bits per heavy atom. The molecule has 0 radical (unpaired) electrons. The number of benzene rings is 1. The molecule has 0 unspecified atom stereocenters. The standard InChI is InChI=1S/C14H17NO5S2/c1-9(13(16)15-10-6-7-22(19,20)8-10)21-12-5-3-2-4-11(12)14(17)18/h2-5,9-10H,6-8H2,1H3,(H,15,16)(H,17,18)/t9-,10+/m0/s1. The maximum Gasteiger partial charge on any atom is 0.336 e. The van der Waals surface area contributed by atoms with Gasteiger partial charge in [0.1, 0.15) is 0 Å². The minimum absolute atomic E-state index is 0.0260. The number of nitrogens with one attached hydrogen (secondary N) is 1. The van der Waals surface area contributed by atoms with E-state index in [0.717, 1.165) is 11.8 Å². The number of aromatic carboxylic acids is 1. The second-order valence-corrected chi connectivity index (χ2v) is 8.78. The lowest BCUT2D eigenvalue weighted by Crippen LogP contribution is -2.39. The van der Waals surface area contributed by atoms with E-state index in [2.05, 4.69) is 5.32 Å². The molecule has 2 atom stereocenters. The molecule has 0 saturated carbocycles. The molecule has 1 fully saturated rings. The van der Waals surface area contributed by atoms with E-state index in [1.165, 1.54) is 6.07 Å². The third-order valence-corrected chi connectivity index (χ3v) is 6.31. The van der Waals surface area contributed by atoms with Gasteiger partial charge in [-0.25, -0.2) is 13.2 Å². The van der Waals surface area contributed by atoms with Gasteiger partial charge >= 0.3 is 5.97 Å². The summed E-state index contributed by atoms with van der Waals surface area (Å²) in [6, 6.07) is 6.12. The first-order chi connectivity index (χ1) is 10.3. The fourth-order valence-corrected chi connectivity index (χ4v) is 4.89. The predicted octanol–water partition coefficient (Wildman–Crippen LogP) is 1.17. The molecule has 1 saturated heterocycles. The van der Waals surface area contributed by atoms with Gasteiger partial charge in [0.25, 0.3) is 0 Å². The molecule has 1 heterocycles. The molecule has 2 N–H and O–H groups in total. The summed E-state index contributed by atoms with van der Waals surface area (Å²) in [4.78, 5) is 23.8. The molecule has 22 heavy (non-hydrogen) atoms. The summed E-state index contributed by atoms with van der Waals surface area (Å²) in [5.41, 5.74) is 0.149. The van der Waals surface area contributed by atoms with Crippen molar-refractivity contribution < 1.29 is 23.1 Å². The first-order valence-corrected chi connectivity index (χ1v) is 9.48. The van der Waals surface area contributed by atoms with E-state index in [4.69, 9.17) is 5.11 Å². The number of amides is 1. The Morgan fingerprint density at radius 3 is 2.64 bits per heavy atom. The summed E-state index contributed by atoms with van der Waals surface area (Å²) < 4.78 is 22.8. The van der Waals surface area contributed by atoms with Crippen molar-refractivity contribution >= 4 is 33.5 Å². The minimum Gasteiger partial charge on any atom is -0.478 e. The van der Waals surface area contributed by atoms with Gasteiger partial charge in [0, 0.05) is 10.9 Å². The van der Waals surface area contributed by atoms with Crippen LogP contribution in [0.1, 0.15) is 23.7 Å². The Balaban J connectivity index is 1.99. The highest BCUT2D eigenvalue weighted by atomic mass is 32.2. The Hall–Kier alpha value is -1.54. The Kier molecular flexibility index (Phi) is 5.12. The van der Waals surface area contributed by atoms with Gasteiger partial charge in [0.05, 0.1) is 22.3 Å². The Bertz CT molecular complexity index is 686. The largest absolute Gasteiger partial charge is 0.478 e. The lowest BCUT2D eigenvalue weighted by atomic mass is 10.2. The zero-order chi connectivity index (χ0) is 16.3. The summed E-state index contributed by atoms with van der Waals surface area (Å²) >= 11 is 1.15. The van der Waals surface area contributed by atoms with Gasteiger partial charge in [-0.1, -0.05) is 12.1 Å². The quantitative estimate of drug-likeness (QED) is 0.779. The van der Waals surface area contributed by atoms with Crippen molar-refractivity contribution in [2.75, 3.05) is 11.5 Å². The van der Waals surface area contributed by atoms with Crippen LogP contribution in [0.5, 0.6) is 0 Å². The lowest BCUT2D eigenvalue weighted by Gasteiger charge is -2.16. The predicted molar refractivity (Wildman–Crippen MR) is 83.9 cm³/mol. The van der Waals surface area contributed by atoms with Crippen LogP contribution in [0.3, 0.4) is 0 Å². The minimum atomic E-state index is -3.04. The van der Waals surface area contributed by atoms with Crippen LogP contribution >= 0.6 is 11.8 Å². The SMILES string of the molecule is C[C@H](Sc1ccccc1C(=O)O)C(=O)N[C@@H]1CCS(=O)(=O)C1.